The Morgan fingerprint density at radius 3 is 2.88 bits per heavy atom. The van der Waals surface area contributed by atoms with Crippen molar-refractivity contribution >= 4 is 5.91 Å². The first-order chi connectivity index (χ1) is 11.6. The minimum absolute atomic E-state index is 0.247. The maximum atomic E-state index is 13.0. The smallest absolute Gasteiger partial charge is 0.222 e. The third kappa shape index (κ3) is 4.00. The van der Waals surface area contributed by atoms with Crippen LogP contribution in [0, 0.1) is 11.7 Å². The van der Waals surface area contributed by atoms with E-state index >= 15 is 0 Å². The molecule has 1 aromatic heterocycles. The highest BCUT2D eigenvalue weighted by Gasteiger charge is 2.21. The molecule has 0 saturated carbocycles. The van der Waals surface area contributed by atoms with Gasteiger partial charge in [-0.3, -0.25) is 9.89 Å². The van der Waals surface area contributed by atoms with Crippen LogP contribution in [0.2, 0.25) is 0 Å². The van der Waals surface area contributed by atoms with Crippen molar-refractivity contribution in [3.05, 3.63) is 41.8 Å². The molecule has 0 bridgehead atoms. The molecule has 1 aliphatic rings. The number of amides is 1. The SMILES string of the molecule is C[C@H](CNCc1cn[nH]c1-c1ccc(F)cc1)CN1CCCC1=O. The Balaban J connectivity index is 1.51. The number of H-pyrrole nitrogens is 1. The molecular weight excluding hydrogens is 307 g/mol. The Morgan fingerprint density at radius 1 is 1.38 bits per heavy atom. The summed E-state index contributed by atoms with van der Waals surface area (Å²) in [5.41, 5.74) is 2.87. The van der Waals surface area contributed by atoms with Crippen molar-refractivity contribution in [3.8, 4) is 11.3 Å². The van der Waals surface area contributed by atoms with Crippen LogP contribution in [0.25, 0.3) is 11.3 Å². The van der Waals surface area contributed by atoms with Gasteiger partial charge in [-0.1, -0.05) is 6.92 Å². The van der Waals surface area contributed by atoms with Crippen LogP contribution in [0.1, 0.15) is 25.3 Å². The lowest BCUT2D eigenvalue weighted by Gasteiger charge is -2.21. The Kier molecular flexibility index (Phi) is 5.25. The third-order valence-electron chi connectivity index (χ3n) is 4.36. The zero-order valence-electron chi connectivity index (χ0n) is 13.9. The predicted molar refractivity (Wildman–Crippen MR) is 90.7 cm³/mol. The molecule has 2 aromatic rings. The highest BCUT2D eigenvalue weighted by Crippen LogP contribution is 2.21. The van der Waals surface area contributed by atoms with Crippen molar-refractivity contribution in [2.24, 2.45) is 5.92 Å². The van der Waals surface area contributed by atoms with E-state index in [0.717, 1.165) is 42.9 Å². The first kappa shape index (κ1) is 16.6. The zero-order valence-corrected chi connectivity index (χ0v) is 13.9. The topological polar surface area (TPSA) is 61.0 Å². The minimum Gasteiger partial charge on any atom is -0.342 e. The first-order valence-electron chi connectivity index (χ1n) is 8.40. The molecule has 2 N–H and O–H groups in total. The molecule has 1 aromatic carbocycles. The van der Waals surface area contributed by atoms with Crippen molar-refractivity contribution < 1.29 is 9.18 Å². The molecule has 1 saturated heterocycles. The summed E-state index contributed by atoms with van der Waals surface area (Å²) >= 11 is 0. The average Bonchev–Trinajstić information content (AvgIpc) is 3.18. The molecule has 0 aliphatic carbocycles. The molecule has 1 amide bonds. The lowest BCUT2D eigenvalue weighted by molar-refractivity contribution is -0.128. The highest BCUT2D eigenvalue weighted by molar-refractivity contribution is 5.78. The van der Waals surface area contributed by atoms with Crippen LogP contribution in [0.5, 0.6) is 0 Å². The number of hydrogen-bond donors (Lipinski definition) is 2. The Bertz CT molecular complexity index is 683. The van der Waals surface area contributed by atoms with Gasteiger partial charge in [0.15, 0.2) is 0 Å². The molecule has 1 atom stereocenters. The normalized spacial score (nSPS) is 15.9. The molecule has 5 nitrogen and oxygen atoms in total. The second-order valence-electron chi connectivity index (χ2n) is 6.46. The minimum atomic E-state index is -0.247. The quantitative estimate of drug-likeness (QED) is 0.820. The van der Waals surface area contributed by atoms with E-state index in [2.05, 4.69) is 22.4 Å². The average molecular weight is 330 g/mol. The van der Waals surface area contributed by atoms with Crippen LogP contribution < -0.4 is 5.32 Å². The summed E-state index contributed by atoms with van der Waals surface area (Å²) < 4.78 is 13.0. The van der Waals surface area contributed by atoms with Gasteiger partial charge < -0.3 is 10.2 Å². The highest BCUT2D eigenvalue weighted by atomic mass is 19.1. The molecule has 0 unspecified atom stereocenters. The van der Waals surface area contributed by atoms with Gasteiger partial charge >= 0.3 is 0 Å². The molecule has 2 heterocycles. The fourth-order valence-electron chi connectivity index (χ4n) is 3.10. The van der Waals surface area contributed by atoms with Crippen LogP contribution in [0.3, 0.4) is 0 Å². The Morgan fingerprint density at radius 2 is 2.17 bits per heavy atom. The number of halogens is 1. The number of nitrogens with one attached hydrogen (secondary N) is 2. The van der Waals surface area contributed by atoms with Gasteiger partial charge in [0, 0.05) is 37.2 Å². The van der Waals surface area contributed by atoms with E-state index in [4.69, 9.17) is 0 Å². The largest absolute Gasteiger partial charge is 0.342 e. The van der Waals surface area contributed by atoms with E-state index in [0.29, 0.717) is 18.9 Å². The van der Waals surface area contributed by atoms with Gasteiger partial charge in [0.2, 0.25) is 5.91 Å². The van der Waals surface area contributed by atoms with Gasteiger partial charge in [-0.05, 0) is 43.1 Å². The molecule has 24 heavy (non-hydrogen) atoms. The monoisotopic (exact) mass is 330 g/mol. The fourth-order valence-corrected chi connectivity index (χ4v) is 3.10. The number of benzene rings is 1. The summed E-state index contributed by atoms with van der Waals surface area (Å²) in [7, 11) is 0. The maximum absolute atomic E-state index is 13.0. The second kappa shape index (κ2) is 7.57. The van der Waals surface area contributed by atoms with E-state index < -0.39 is 0 Å². The number of likely N-dealkylation sites (tertiary alicyclic amines) is 1. The van der Waals surface area contributed by atoms with Crippen LogP contribution in [-0.2, 0) is 11.3 Å². The van der Waals surface area contributed by atoms with Gasteiger partial charge in [0.05, 0.1) is 11.9 Å². The standard InChI is InChI=1S/C18H23FN4O/c1-13(12-23-8-2-3-17(23)24)9-20-10-15-11-21-22-18(15)14-4-6-16(19)7-5-14/h4-7,11,13,20H,2-3,8-10,12H2,1H3,(H,21,22)/t13-/m1/s1. The van der Waals surface area contributed by atoms with Crippen LogP contribution in [0.15, 0.2) is 30.5 Å². The molecule has 6 heteroatoms. The molecule has 0 spiro atoms. The van der Waals surface area contributed by atoms with Crippen molar-refractivity contribution in [3.63, 3.8) is 0 Å². The van der Waals surface area contributed by atoms with Crippen LogP contribution in [-0.4, -0.2) is 40.6 Å². The Labute approximate surface area is 141 Å². The van der Waals surface area contributed by atoms with Crippen molar-refractivity contribution in [1.29, 1.82) is 0 Å². The number of rotatable bonds is 7. The van der Waals surface area contributed by atoms with E-state index in [-0.39, 0.29) is 11.7 Å². The zero-order chi connectivity index (χ0) is 16.9. The summed E-state index contributed by atoms with van der Waals surface area (Å²) in [6.07, 6.45) is 3.46. The van der Waals surface area contributed by atoms with Crippen molar-refractivity contribution in [2.45, 2.75) is 26.3 Å². The number of hydrogen-bond acceptors (Lipinski definition) is 3. The van der Waals surface area contributed by atoms with Crippen LogP contribution >= 0.6 is 0 Å². The lowest BCUT2D eigenvalue weighted by Crippen LogP contribution is -2.34. The molecule has 0 radical (unpaired) electrons. The van der Waals surface area contributed by atoms with E-state index in [1.807, 2.05) is 4.90 Å². The predicted octanol–water partition coefficient (Wildman–Crippen LogP) is 2.56. The summed E-state index contributed by atoms with van der Waals surface area (Å²) in [5.74, 6) is 0.423. The number of carbonyl (C=O) groups excluding carboxylic acids is 1. The van der Waals surface area contributed by atoms with Crippen molar-refractivity contribution in [2.75, 3.05) is 19.6 Å². The van der Waals surface area contributed by atoms with Gasteiger partial charge in [-0.15, -0.1) is 0 Å². The molecule has 1 aliphatic heterocycles. The number of aromatic nitrogens is 2. The second-order valence-corrected chi connectivity index (χ2v) is 6.46. The number of nitrogens with zero attached hydrogens (tertiary/aromatic N) is 2. The fraction of sp³-hybridized carbons (Fsp3) is 0.444. The summed E-state index contributed by atoms with van der Waals surface area (Å²) in [6, 6.07) is 6.38. The molecule has 128 valence electrons. The summed E-state index contributed by atoms with van der Waals surface area (Å²) in [5, 5.41) is 10.5. The van der Waals surface area contributed by atoms with Crippen molar-refractivity contribution in [1.82, 2.24) is 20.4 Å². The van der Waals surface area contributed by atoms with Gasteiger partial charge in [-0.25, -0.2) is 4.39 Å². The van der Waals surface area contributed by atoms with E-state index in [1.165, 1.54) is 12.1 Å². The van der Waals surface area contributed by atoms with Gasteiger partial charge in [-0.2, -0.15) is 5.10 Å². The number of carbonyl (C=O) groups is 1. The molecule has 3 rings (SSSR count). The summed E-state index contributed by atoms with van der Waals surface area (Å²) in [6.45, 7) is 5.36. The van der Waals surface area contributed by atoms with E-state index in [9.17, 15) is 9.18 Å². The first-order valence-corrected chi connectivity index (χ1v) is 8.40. The van der Waals surface area contributed by atoms with Gasteiger partial charge in [0.1, 0.15) is 5.82 Å². The third-order valence-corrected chi connectivity index (χ3v) is 4.36. The maximum Gasteiger partial charge on any atom is 0.222 e. The van der Waals surface area contributed by atoms with E-state index in [1.54, 1.807) is 18.3 Å². The Hall–Kier alpha value is -2.21. The lowest BCUT2D eigenvalue weighted by atomic mass is 10.1. The molecule has 1 fully saturated rings. The number of aromatic amines is 1. The summed E-state index contributed by atoms with van der Waals surface area (Å²) in [4.78, 5) is 13.6. The van der Waals surface area contributed by atoms with Gasteiger partial charge in [0.25, 0.3) is 0 Å². The van der Waals surface area contributed by atoms with Crippen LogP contribution in [0.4, 0.5) is 4.39 Å². The molecular formula is C18H23FN4O.